The van der Waals surface area contributed by atoms with Crippen LogP contribution in [-0.4, -0.2) is 35.4 Å². The molecule has 0 spiro atoms. The number of ketones is 1. The topological polar surface area (TPSA) is 145 Å². The standard InChI is InChI=1S/C16H24N4O3.ClH/c17-13(7-4-8-20-16(18)19)14(21)10-12(15(22)23)9-11-5-2-1-3-6-11;/h1-3,5-6,12-13H,4,7-10,17H2,(H,22,23)(H4,18,19,20);1H. The van der Waals surface area contributed by atoms with Crippen molar-refractivity contribution in [3.05, 3.63) is 35.9 Å². The summed E-state index contributed by atoms with van der Waals surface area (Å²) in [4.78, 5) is 27.3. The first-order chi connectivity index (χ1) is 10.9. The van der Waals surface area contributed by atoms with Crippen molar-refractivity contribution in [1.82, 2.24) is 0 Å². The SMILES string of the molecule is Cl.NC(N)=NCCCC(N)C(=O)CC(Cc1ccccc1)C(=O)O. The van der Waals surface area contributed by atoms with E-state index in [1.807, 2.05) is 30.3 Å². The highest BCUT2D eigenvalue weighted by atomic mass is 35.5. The van der Waals surface area contributed by atoms with Crippen molar-refractivity contribution in [3.63, 3.8) is 0 Å². The van der Waals surface area contributed by atoms with E-state index in [1.165, 1.54) is 0 Å². The Morgan fingerprint density at radius 2 is 1.79 bits per heavy atom. The van der Waals surface area contributed by atoms with Gasteiger partial charge < -0.3 is 22.3 Å². The number of carboxylic acids is 1. The van der Waals surface area contributed by atoms with Crippen LogP contribution in [-0.2, 0) is 16.0 Å². The van der Waals surface area contributed by atoms with Crippen LogP contribution in [0.3, 0.4) is 0 Å². The summed E-state index contributed by atoms with van der Waals surface area (Å²) in [6.45, 7) is 0.398. The summed E-state index contributed by atoms with van der Waals surface area (Å²) in [5.74, 6) is -2.01. The molecule has 0 saturated carbocycles. The second-order valence-electron chi connectivity index (χ2n) is 5.45. The Balaban J connectivity index is 0.00000529. The van der Waals surface area contributed by atoms with Crippen molar-refractivity contribution in [1.29, 1.82) is 0 Å². The number of benzene rings is 1. The van der Waals surface area contributed by atoms with Crippen LogP contribution in [0.4, 0.5) is 0 Å². The number of nitrogens with two attached hydrogens (primary N) is 3. The molecule has 0 aromatic heterocycles. The third-order valence-corrected chi connectivity index (χ3v) is 3.50. The lowest BCUT2D eigenvalue weighted by Crippen LogP contribution is -2.34. The fourth-order valence-electron chi connectivity index (χ4n) is 2.22. The van der Waals surface area contributed by atoms with Gasteiger partial charge in [-0.05, 0) is 24.8 Å². The Hall–Kier alpha value is -2.12. The maximum absolute atomic E-state index is 12.1. The van der Waals surface area contributed by atoms with Gasteiger partial charge in [-0.3, -0.25) is 14.6 Å². The van der Waals surface area contributed by atoms with Crippen LogP contribution in [0.15, 0.2) is 35.3 Å². The predicted molar refractivity (Wildman–Crippen MR) is 96.0 cm³/mol. The minimum absolute atomic E-state index is 0. The monoisotopic (exact) mass is 356 g/mol. The lowest BCUT2D eigenvalue weighted by Gasteiger charge is -2.15. The first kappa shape index (κ1) is 21.9. The van der Waals surface area contributed by atoms with E-state index in [1.54, 1.807) is 0 Å². The van der Waals surface area contributed by atoms with Crippen LogP contribution in [0, 0.1) is 5.92 Å². The molecular weight excluding hydrogens is 332 g/mol. The molecule has 0 aliphatic rings. The number of halogens is 1. The minimum Gasteiger partial charge on any atom is -0.481 e. The molecule has 2 unspecified atom stereocenters. The van der Waals surface area contributed by atoms with Gasteiger partial charge in [-0.15, -0.1) is 12.4 Å². The lowest BCUT2D eigenvalue weighted by atomic mass is 9.91. The highest BCUT2D eigenvalue weighted by molar-refractivity contribution is 5.87. The molecule has 0 bridgehead atoms. The van der Waals surface area contributed by atoms with Crippen molar-refractivity contribution < 1.29 is 14.7 Å². The van der Waals surface area contributed by atoms with Crippen LogP contribution >= 0.6 is 12.4 Å². The first-order valence-electron chi connectivity index (χ1n) is 7.50. The van der Waals surface area contributed by atoms with E-state index in [0.717, 1.165) is 5.56 Å². The predicted octanol–water partition coefficient (Wildman–Crippen LogP) is 0.692. The molecule has 0 heterocycles. The van der Waals surface area contributed by atoms with E-state index >= 15 is 0 Å². The van der Waals surface area contributed by atoms with Crippen LogP contribution in [0.1, 0.15) is 24.8 Å². The maximum atomic E-state index is 12.1. The molecule has 0 saturated heterocycles. The zero-order valence-corrected chi connectivity index (χ0v) is 14.2. The Labute approximate surface area is 147 Å². The average molecular weight is 357 g/mol. The first-order valence-corrected chi connectivity index (χ1v) is 7.50. The molecule has 0 fully saturated rings. The highest BCUT2D eigenvalue weighted by Crippen LogP contribution is 2.15. The number of carbonyl (C=O) groups is 2. The van der Waals surface area contributed by atoms with Crippen LogP contribution in [0.25, 0.3) is 0 Å². The van der Waals surface area contributed by atoms with Gasteiger partial charge in [0.2, 0.25) is 0 Å². The fraction of sp³-hybridized carbons (Fsp3) is 0.438. The highest BCUT2D eigenvalue weighted by Gasteiger charge is 2.24. The number of aliphatic carboxylic acids is 1. The third-order valence-electron chi connectivity index (χ3n) is 3.50. The van der Waals surface area contributed by atoms with Crippen molar-refractivity contribution in [3.8, 4) is 0 Å². The van der Waals surface area contributed by atoms with Crippen molar-refractivity contribution in [2.24, 2.45) is 28.1 Å². The molecule has 2 atom stereocenters. The van der Waals surface area contributed by atoms with Crippen LogP contribution in [0.5, 0.6) is 0 Å². The van der Waals surface area contributed by atoms with E-state index in [9.17, 15) is 14.7 Å². The number of Topliss-reactive ketones (excluding diaryl/α,β-unsaturated/α-hetero) is 1. The van der Waals surface area contributed by atoms with E-state index in [4.69, 9.17) is 17.2 Å². The molecule has 0 amide bonds. The smallest absolute Gasteiger partial charge is 0.307 e. The number of guanidine groups is 1. The van der Waals surface area contributed by atoms with E-state index in [2.05, 4.69) is 4.99 Å². The number of carbonyl (C=O) groups excluding carboxylic acids is 1. The minimum atomic E-state index is -0.991. The molecule has 7 N–H and O–H groups in total. The maximum Gasteiger partial charge on any atom is 0.307 e. The van der Waals surface area contributed by atoms with Gasteiger partial charge >= 0.3 is 5.97 Å². The van der Waals surface area contributed by atoms with Gasteiger partial charge in [-0.25, -0.2) is 0 Å². The van der Waals surface area contributed by atoms with Gasteiger partial charge in [0.1, 0.15) is 5.78 Å². The Bertz CT molecular complexity index is 548. The molecular formula is C16H25ClN4O3. The molecule has 0 aliphatic heterocycles. The third kappa shape index (κ3) is 8.50. The van der Waals surface area contributed by atoms with E-state index in [0.29, 0.717) is 25.8 Å². The summed E-state index contributed by atoms with van der Waals surface area (Å²) >= 11 is 0. The molecule has 1 aromatic carbocycles. The Kier molecular flexibility index (Phi) is 10.4. The van der Waals surface area contributed by atoms with Gasteiger partial charge in [0.25, 0.3) is 0 Å². The van der Waals surface area contributed by atoms with Gasteiger partial charge in [0.15, 0.2) is 5.96 Å². The van der Waals surface area contributed by atoms with Gasteiger partial charge in [0.05, 0.1) is 12.0 Å². The molecule has 7 nitrogen and oxygen atoms in total. The zero-order valence-electron chi connectivity index (χ0n) is 13.4. The number of nitrogens with zero attached hydrogens (tertiary/aromatic N) is 1. The molecule has 8 heteroatoms. The second-order valence-corrected chi connectivity index (χ2v) is 5.45. The van der Waals surface area contributed by atoms with Gasteiger partial charge in [0, 0.05) is 13.0 Å². The molecule has 0 radical (unpaired) electrons. The molecule has 134 valence electrons. The molecule has 1 aromatic rings. The number of hydrogen-bond donors (Lipinski definition) is 4. The van der Waals surface area contributed by atoms with E-state index < -0.39 is 17.9 Å². The van der Waals surface area contributed by atoms with Crippen molar-refractivity contribution in [2.45, 2.75) is 31.7 Å². The summed E-state index contributed by atoms with van der Waals surface area (Å²) in [6.07, 6.45) is 1.23. The van der Waals surface area contributed by atoms with E-state index in [-0.39, 0.29) is 30.6 Å². The van der Waals surface area contributed by atoms with Crippen molar-refractivity contribution in [2.75, 3.05) is 6.54 Å². The summed E-state index contributed by atoms with van der Waals surface area (Å²) in [7, 11) is 0. The number of aliphatic imine (C=N–C) groups is 1. The molecule has 1 rings (SSSR count). The van der Waals surface area contributed by atoms with Crippen LogP contribution in [0.2, 0.25) is 0 Å². The summed E-state index contributed by atoms with van der Waals surface area (Å²) in [5, 5.41) is 9.30. The average Bonchev–Trinajstić information content (AvgIpc) is 2.51. The van der Waals surface area contributed by atoms with Crippen LogP contribution < -0.4 is 17.2 Å². The quantitative estimate of drug-likeness (QED) is 0.276. The van der Waals surface area contributed by atoms with Gasteiger partial charge in [-0.2, -0.15) is 0 Å². The lowest BCUT2D eigenvalue weighted by molar-refractivity contribution is -0.143. The van der Waals surface area contributed by atoms with Crippen molar-refractivity contribution >= 4 is 30.1 Å². The zero-order chi connectivity index (χ0) is 17.2. The summed E-state index contributed by atoms with van der Waals surface area (Å²) in [6, 6.07) is 8.53. The molecule has 24 heavy (non-hydrogen) atoms. The number of carboxylic acid groups (broad SMARTS) is 1. The normalized spacial score (nSPS) is 12.5. The largest absolute Gasteiger partial charge is 0.481 e. The molecule has 0 aliphatic carbocycles. The Morgan fingerprint density at radius 1 is 1.17 bits per heavy atom. The number of hydrogen-bond acceptors (Lipinski definition) is 4. The summed E-state index contributed by atoms with van der Waals surface area (Å²) in [5.41, 5.74) is 17.1. The van der Waals surface area contributed by atoms with Gasteiger partial charge in [-0.1, -0.05) is 30.3 Å². The Morgan fingerprint density at radius 3 is 2.33 bits per heavy atom. The second kappa shape index (κ2) is 11.4. The fourth-order valence-corrected chi connectivity index (χ4v) is 2.22. The number of rotatable bonds is 10. The summed E-state index contributed by atoms with van der Waals surface area (Å²) < 4.78 is 0.